The van der Waals surface area contributed by atoms with Gasteiger partial charge in [-0.15, -0.1) is 0 Å². The van der Waals surface area contributed by atoms with E-state index in [0.29, 0.717) is 0 Å². The second-order valence-corrected chi connectivity index (χ2v) is 11.0. The maximum atomic E-state index is 12.0. The molecular formula is C14H19NO7S2. The minimum absolute atomic E-state index is 0.107. The van der Waals surface area contributed by atoms with Crippen LogP contribution in [0.25, 0.3) is 0 Å². The molecule has 1 aromatic rings. The largest absolute Gasteiger partial charge is 0.478 e. The van der Waals surface area contributed by atoms with Crippen LogP contribution in [-0.4, -0.2) is 50.6 Å². The number of hydrogen-bond donors (Lipinski definition) is 2. The normalized spacial score (nSPS) is 12.7. The van der Waals surface area contributed by atoms with Crippen molar-refractivity contribution in [1.82, 2.24) is 0 Å². The summed E-state index contributed by atoms with van der Waals surface area (Å²) in [5.41, 5.74) is -0.448. The molecule has 0 bridgehead atoms. The van der Waals surface area contributed by atoms with E-state index < -0.39 is 42.1 Å². The van der Waals surface area contributed by atoms with Crippen LogP contribution in [0.15, 0.2) is 23.1 Å². The molecule has 0 atom stereocenters. The number of hydrogen-bond acceptors (Lipinski definition) is 6. The van der Waals surface area contributed by atoms with Gasteiger partial charge >= 0.3 is 5.97 Å². The summed E-state index contributed by atoms with van der Waals surface area (Å²) < 4.78 is 46.1. The van der Waals surface area contributed by atoms with Crippen LogP contribution in [0.3, 0.4) is 0 Å². The lowest BCUT2D eigenvalue weighted by Gasteiger charge is -2.18. The molecule has 0 saturated carbocycles. The molecule has 10 heteroatoms. The average Bonchev–Trinajstić information content (AvgIpc) is 2.34. The molecule has 24 heavy (non-hydrogen) atoms. The van der Waals surface area contributed by atoms with Crippen molar-refractivity contribution in [3.05, 3.63) is 23.8 Å². The number of carbonyl (C=O) groups excluding carboxylic acids is 1. The molecule has 0 heterocycles. The highest BCUT2D eigenvalue weighted by atomic mass is 32.2. The van der Waals surface area contributed by atoms with E-state index in [1.54, 1.807) is 0 Å². The van der Waals surface area contributed by atoms with Gasteiger partial charge in [0.15, 0.2) is 19.7 Å². The Morgan fingerprint density at radius 2 is 1.62 bits per heavy atom. The Morgan fingerprint density at radius 3 is 2.04 bits per heavy atom. The highest BCUT2D eigenvalue weighted by Crippen LogP contribution is 2.20. The van der Waals surface area contributed by atoms with Crippen molar-refractivity contribution < 1.29 is 31.5 Å². The number of aromatic carboxylic acids is 1. The van der Waals surface area contributed by atoms with Gasteiger partial charge in [-0.05, 0) is 39.0 Å². The smallest absolute Gasteiger partial charge is 0.335 e. The molecule has 1 aromatic carbocycles. The third kappa shape index (κ3) is 5.03. The number of nitrogens with one attached hydrogen (secondary N) is 1. The standard InChI is InChI=1S/C14H19NO7S2/c1-14(2,3)24(21,22)8-12(16)15-10-5-9(13(17)18)6-11(7-10)23(4,19)20/h5-7H,8H2,1-4H3,(H,15,16)(H,17,18). The van der Waals surface area contributed by atoms with E-state index in [4.69, 9.17) is 5.11 Å². The lowest BCUT2D eigenvalue weighted by atomic mass is 10.2. The van der Waals surface area contributed by atoms with Gasteiger partial charge in [-0.3, -0.25) is 4.79 Å². The number of amides is 1. The van der Waals surface area contributed by atoms with Crippen LogP contribution in [0.1, 0.15) is 31.1 Å². The zero-order valence-electron chi connectivity index (χ0n) is 13.7. The first-order valence-electron chi connectivity index (χ1n) is 6.74. The molecule has 0 unspecified atom stereocenters. The third-order valence-electron chi connectivity index (χ3n) is 3.12. The molecule has 1 rings (SSSR count). The number of carbonyl (C=O) groups is 2. The third-order valence-corrected chi connectivity index (χ3v) is 6.72. The summed E-state index contributed by atoms with van der Waals surface area (Å²) in [6, 6.07) is 3.08. The first-order valence-corrected chi connectivity index (χ1v) is 10.3. The first kappa shape index (κ1) is 20.1. The molecule has 0 aromatic heterocycles. The molecule has 0 aliphatic heterocycles. The van der Waals surface area contributed by atoms with Crippen molar-refractivity contribution in [3.8, 4) is 0 Å². The van der Waals surface area contributed by atoms with Crippen LogP contribution in [0.2, 0.25) is 0 Å². The van der Waals surface area contributed by atoms with E-state index in [9.17, 15) is 26.4 Å². The van der Waals surface area contributed by atoms with Gasteiger partial charge in [0, 0.05) is 11.9 Å². The highest BCUT2D eigenvalue weighted by Gasteiger charge is 2.31. The predicted molar refractivity (Wildman–Crippen MR) is 88.7 cm³/mol. The van der Waals surface area contributed by atoms with Gasteiger partial charge < -0.3 is 10.4 Å². The first-order chi connectivity index (χ1) is 10.6. The van der Waals surface area contributed by atoms with Crippen LogP contribution in [0, 0.1) is 0 Å². The van der Waals surface area contributed by atoms with Gasteiger partial charge in [0.1, 0.15) is 5.75 Å². The highest BCUT2D eigenvalue weighted by molar-refractivity contribution is 7.93. The quantitative estimate of drug-likeness (QED) is 0.779. The summed E-state index contributed by atoms with van der Waals surface area (Å²) in [5, 5.41) is 11.3. The Bertz CT molecular complexity index is 878. The van der Waals surface area contributed by atoms with E-state index >= 15 is 0 Å². The average molecular weight is 377 g/mol. The maximum absolute atomic E-state index is 12.0. The van der Waals surface area contributed by atoms with Crippen molar-refractivity contribution in [3.63, 3.8) is 0 Å². The lowest BCUT2D eigenvalue weighted by Crippen LogP contribution is -2.35. The Morgan fingerprint density at radius 1 is 1.08 bits per heavy atom. The molecule has 2 N–H and O–H groups in total. The fourth-order valence-corrected chi connectivity index (χ4v) is 3.13. The molecule has 0 fully saturated rings. The van der Waals surface area contributed by atoms with Gasteiger partial charge in [-0.2, -0.15) is 0 Å². The van der Waals surface area contributed by atoms with Crippen molar-refractivity contribution in [2.45, 2.75) is 30.4 Å². The zero-order chi connectivity index (χ0) is 18.9. The fraction of sp³-hybridized carbons (Fsp3) is 0.429. The van der Waals surface area contributed by atoms with E-state index in [2.05, 4.69) is 5.32 Å². The van der Waals surface area contributed by atoms with E-state index in [-0.39, 0.29) is 16.1 Å². The monoisotopic (exact) mass is 377 g/mol. The van der Waals surface area contributed by atoms with E-state index in [1.807, 2.05) is 0 Å². The van der Waals surface area contributed by atoms with Gasteiger partial charge in [-0.1, -0.05) is 0 Å². The molecule has 0 aliphatic rings. The molecular weight excluding hydrogens is 358 g/mol. The molecule has 0 saturated heterocycles. The van der Waals surface area contributed by atoms with E-state index in [0.717, 1.165) is 24.5 Å². The van der Waals surface area contributed by atoms with Crippen LogP contribution in [0.4, 0.5) is 5.69 Å². The molecule has 0 spiro atoms. The summed E-state index contributed by atoms with van der Waals surface area (Å²) >= 11 is 0. The Kier molecular flexibility index (Phi) is 5.46. The van der Waals surface area contributed by atoms with E-state index in [1.165, 1.54) is 20.8 Å². The Hall–Kier alpha value is -1.94. The molecule has 1 amide bonds. The number of benzene rings is 1. The molecule has 8 nitrogen and oxygen atoms in total. The van der Waals surface area contributed by atoms with Crippen molar-refractivity contribution in [2.24, 2.45) is 0 Å². The Balaban J connectivity index is 3.18. The second kappa shape index (κ2) is 6.52. The predicted octanol–water partition coefficient (Wildman–Crippen LogP) is 0.940. The number of carboxylic acids is 1. The minimum atomic E-state index is -3.73. The number of rotatable bonds is 5. The van der Waals surface area contributed by atoms with Gasteiger partial charge in [-0.25, -0.2) is 21.6 Å². The Labute approximate surface area is 140 Å². The molecule has 0 radical (unpaired) electrons. The number of anilines is 1. The van der Waals surface area contributed by atoms with Crippen molar-refractivity contribution >= 4 is 37.2 Å². The summed E-state index contributed by atoms with van der Waals surface area (Å²) in [4.78, 5) is 22.7. The van der Waals surface area contributed by atoms with Crippen LogP contribution >= 0.6 is 0 Å². The van der Waals surface area contributed by atoms with Gasteiger partial charge in [0.2, 0.25) is 5.91 Å². The number of carboxylic acid groups (broad SMARTS) is 1. The zero-order valence-corrected chi connectivity index (χ0v) is 15.3. The van der Waals surface area contributed by atoms with Crippen LogP contribution in [-0.2, 0) is 24.5 Å². The maximum Gasteiger partial charge on any atom is 0.335 e. The summed E-state index contributed by atoms with van der Waals surface area (Å²) in [6.07, 6.45) is 0.892. The minimum Gasteiger partial charge on any atom is -0.478 e. The number of sulfone groups is 2. The van der Waals surface area contributed by atoms with Crippen molar-refractivity contribution in [2.75, 3.05) is 17.3 Å². The van der Waals surface area contributed by atoms with Gasteiger partial charge in [0.05, 0.1) is 15.2 Å². The second-order valence-electron chi connectivity index (χ2n) is 6.24. The van der Waals surface area contributed by atoms with Gasteiger partial charge in [0.25, 0.3) is 0 Å². The van der Waals surface area contributed by atoms with Crippen LogP contribution in [0.5, 0.6) is 0 Å². The summed E-state index contributed by atoms with van der Waals surface area (Å²) in [7, 11) is -7.44. The topological polar surface area (TPSA) is 135 Å². The molecule has 0 aliphatic carbocycles. The molecule has 134 valence electrons. The summed E-state index contributed by atoms with van der Waals surface area (Å²) in [5.74, 6) is -3.06. The fourth-order valence-electron chi connectivity index (χ4n) is 1.59. The SMILES string of the molecule is CC(C)(C)S(=O)(=O)CC(=O)Nc1cc(C(=O)O)cc(S(C)(=O)=O)c1. The van der Waals surface area contributed by atoms with Crippen molar-refractivity contribution in [1.29, 1.82) is 0 Å². The van der Waals surface area contributed by atoms with Crippen LogP contribution < -0.4 is 5.32 Å². The summed E-state index contributed by atoms with van der Waals surface area (Å²) in [6.45, 7) is 4.34. The lowest BCUT2D eigenvalue weighted by molar-refractivity contribution is -0.113.